The molecular formula is C15H16O5. The molecule has 0 aromatic heterocycles. The van der Waals surface area contributed by atoms with E-state index in [0.29, 0.717) is 30.1 Å². The standard InChI is InChI=1S/C15H16O5/c1-17-10-4-5-11(18-2)13-9(10)6-8-7-20-15(16)12(8)14(13)19-3/h4-5,8H,6-7H2,1-3H3. The number of rotatable bonds is 3. The van der Waals surface area contributed by atoms with Crippen LogP contribution in [0.1, 0.15) is 11.1 Å². The van der Waals surface area contributed by atoms with Crippen LogP contribution in [-0.2, 0) is 20.7 Å². The van der Waals surface area contributed by atoms with Gasteiger partial charge in [0, 0.05) is 11.5 Å². The molecule has 1 atom stereocenters. The first-order chi connectivity index (χ1) is 9.71. The zero-order valence-corrected chi connectivity index (χ0v) is 11.7. The number of esters is 1. The highest BCUT2D eigenvalue weighted by Gasteiger charge is 2.41. The minimum absolute atomic E-state index is 0.0194. The third-order valence-corrected chi connectivity index (χ3v) is 3.84. The number of cyclic esters (lactones) is 1. The molecule has 1 aliphatic heterocycles. The van der Waals surface area contributed by atoms with Gasteiger partial charge in [0.05, 0.1) is 39.1 Å². The highest BCUT2D eigenvalue weighted by Crippen LogP contribution is 2.46. The predicted octanol–water partition coefficient (Wildman–Crippen LogP) is 1.79. The molecular weight excluding hydrogens is 260 g/mol. The Labute approximate surface area is 117 Å². The fraction of sp³-hybridized carbons (Fsp3) is 0.400. The van der Waals surface area contributed by atoms with Crippen LogP contribution in [0.5, 0.6) is 11.5 Å². The van der Waals surface area contributed by atoms with Crippen molar-refractivity contribution < 1.29 is 23.7 Å². The second kappa shape index (κ2) is 4.74. The molecule has 1 saturated heterocycles. The molecule has 0 bridgehead atoms. The average Bonchev–Trinajstić information content (AvgIpc) is 2.85. The lowest BCUT2D eigenvalue weighted by Gasteiger charge is -2.25. The van der Waals surface area contributed by atoms with Crippen LogP contribution >= 0.6 is 0 Å². The Balaban J connectivity index is 2.29. The van der Waals surface area contributed by atoms with E-state index < -0.39 is 0 Å². The minimum atomic E-state index is -0.303. The Hall–Kier alpha value is -2.17. The fourth-order valence-corrected chi connectivity index (χ4v) is 2.96. The van der Waals surface area contributed by atoms with E-state index in [0.717, 1.165) is 16.9 Å². The zero-order chi connectivity index (χ0) is 14.3. The molecule has 5 nitrogen and oxygen atoms in total. The molecule has 2 aliphatic rings. The molecule has 1 aromatic carbocycles. The highest BCUT2D eigenvalue weighted by molar-refractivity contribution is 6.00. The summed E-state index contributed by atoms with van der Waals surface area (Å²) in [6, 6.07) is 3.69. The minimum Gasteiger partial charge on any atom is -0.496 e. The Kier molecular flexibility index (Phi) is 3.04. The Bertz CT molecular complexity index is 603. The number of methoxy groups -OCH3 is 3. The molecule has 5 heteroatoms. The molecule has 0 saturated carbocycles. The first-order valence-corrected chi connectivity index (χ1v) is 6.40. The molecule has 1 fully saturated rings. The van der Waals surface area contributed by atoms with Crippen LogP contribution in [0.15, 0.2) is 17.7 Å². The number of fused-ring (bicyclic) bond motifs is 2. The maximum Gasteiger partial charge on any atom is 0.338 e. The molecule has 3 rings (SSSR count). The van der Waals surface area contributed by atoms with Gasteiger partial charge in [-0.25, -0.2) is 4.79 Å². The molecule has 0 N–H and O–H groups in total. The van der Waals surface area contributed by atoms with E-state index >= 15 is 0 Å². The Morgan fingerprint density at radius 1 is 1.10 bits per heavy atom. The average molecular weight is 276 g/mol. The van der Waals surface area contributed by atoms with Gasteiger partial charge in [0.2, 0.25) is 0 Å². The number of carbonyl (C=O) groups is 1. The molecule has 0 radical (unpaired) electrons. The number of hydrogen-bond donors (Lipinski definition) is 0. The third kappa shape index (κ3) is 1.66. The molecule has 1 unspecified atom stereocenters. The Morgan fingerprint density at radius 2 is 1.80 bits per heavy atom. The van der Waals surface area contributed by atoms with E-state index in [2.05, 4.69) is 0 Å². The van der Waals surface area contributed by atoms with Crippen molar-refractivity contribution in [1.29, 1.82) is 0 Å². The lowest BCUT2D eigenvalue weighted by molar-refractivity contribution is -0.135. The lowest BCUT2D eigenvalue weighted by atomic mass is 9.83. The van der Waals surface area contributed by atoms with Gasteiger partial charge in [0.25, 0.3) is 0 Å². The fourth-order valence-electron chi connectivity index (χ4n) is 2.96. The van der Waals surface area contributed by atoms with Gasteiger partial charge in [-0.2, -0.15) is 0 Å². The zero-order valence-electron chi connectivity index (χ0n) is 11.7. The summed E-state index contributed by atoms with van der Waals surface area (Å²) in [4.78, 5) is 11.9. The van der Waals surface area contributed by atoms with Crippen molar-refractivity contribution in [3.63, 3.8) is 0 Å². The first kappa shape index (κ1) is 12.8. The summed E-state index contributed by atoms with van der Waals surface area (Å²) < 4.78 is 21.5. The monoisotopic (exact) mass is 276 g/mol. The maximum absolute atomic E-state index is 11.9. The summed E-state index contributed by atoms with van der Waals surface area (Å²) in [5.74, 6) is 1.69. The van der Waals surface area contributed by atoms with Crippen LogP contribution < -0.4 is 9.47 Å². The summed E-state index contributed by atoms with van der Waals surface area (Å²) in [5.41, 5.74) is 2.39. The van der Waals surface area contributed by atoms with Crippen molar-refractivity contribution in [2.45, 2.75) is 6.42 Å². The molecule has 20 heavy (non-hydrogen) atoms. The van der Waals surface area contributed by atoms with Gasteiger partial charge in [-0.1, -0.05) is 0 Å². The molecule has 0 spiro atoms. The van der Waals surface area contributed by atoms with Gasteiger partial charge in [-0.05, 0) is 18.6 Å². The number of carbonyl (C=O) groups excluding carboxylic acids is 1. The van der Waals surface area contributed by atoms with E-state index in [1.54, 1.807) is 21.3 Å². The summed E-state index contributed by atoms with van der Waals surface area (Å²) >= 11 is 0. The summed E-state index contributed by atoms with van der Waals surface area (Å²) in [6.07, 6.45) is 0.684. The van der Waals surface area contributed by atoms with E-state index in [-0.39, 0.29) is 11.9 Å². The van der Waals surface area contributed by atoms with Crippen molar-refractivity contribution in [3.05, 3.63) is 28.8 Å². The summed E-state index contributed by atoms with van der Waals surface area (Å²) in [7, 11) is 4.78. The molecule has 1 aliphatic carbocycles. The van der Waals surface area contributed by atoms with E-state index in [9.17, 15) is 4.79 Å². The molecule has 106 valence electrons. The summed E-state index contributed by atoms with van der Waals surface area (Å²) in [6.45, 7) is 0.390. The van der Waals surface area contributed by atoms with Gasteiger partial charge in [-0.15, -0.1) is 0 Å². The van der Waals surface area contributed by atoms with Crippen molar-refractivity contribution in [1.82, 2.24) is 0 Å². The van der Waals surface area contributed by atoms with Crippen LogP contribution in [0.25, 0.3) is 5.76 Å². The molecule has 0 amide bonds. The normalized spacial score (nSPS) is 20.1. The van der Waals surface area contributed by atoms with Crippen molar-refractivity contribution in [2.75, 3.05) is 27.9 Å². The summed E-state index contributed by atoms with van der Waals surface area (Å²) in [5, 5.41) is 0. The maximum atomic E-state index is 11.9. The van der Waals surface area contributed by atoms with Gasteiger partial charge >= 0.3 is 5.97 Å². The predicted molar refractivity (Wildman–Crippen MR) is 71.6 cm³/mol. The van der Waals surface area contributed by atoms with Crippen molar-refractivity contribution in [3.8, 4) is 11.5 Å². The van der Waals surface area contributed by atoms with E-state index in [1.165, 1.54) is 0 Å². The lowest BCUT2D eigenvalue weighted by Crippen LogP contribution is -2.19. The second-order valence-electron chi connectivity index (χ2n) is 4.77. The van der Waals surface area contributed by atoms with Crippen LogP contribution in [0.4, 0.5) is 0 Å². The van der Waals surface area contributed by atoms with E-state index in [1.807, 2.05) is 12.1 Å². The van der Waals surface area contributed by atoms with Gasteiger partial charge in [0.15, 0.2) is 0 Å². The number of ether oxygens (including phenoxy) is 4. The molecule has 1 aromatic rings. The smallest absolute Gasteiger partial charge is 0.338 e. The van der Waals surface area contributed by atoms with Gasteiger partial charge in [0.1, 0.15) is 17.3 Å². The third-order valence-electron chi connectivity index (χ3n) is 3.84. The quantitative estimate of drug-likeness (QED) is 0.788. The van der Waals surface area contributed by atoms with Crippen LogP contribution in [-0.4, -0.2) is 33.9 Å². The van der Waals surface area contributed by atoms with Crippen molar-refractivity contribution in [2.24, 2.45) is 5.92 Å². The SMILES string of the molecule is COC1=C2C(=O)OCC2Cc2c(OC)ccc(OC)c21. The van der Waals surface area contributed by atoms with Crippen LogP contribution in [0.3, 0.4) is 0 Å². The van der Waals surface area contributed by atoms with E-state index in [4.69, 9.17) is 18.9 Å². The molecule has 1 heterocycles. The van der Waals surface area contributed by atoms with Gasteiger partial charge < -0.3 is 18.9 Å². The first-order valence-electron chi connectivity index (χ1n) is 6.40. The van der Waals surface area contributed by atoms with Crippen LogP contribution in [0, 0.1) is 5.92 Å². The van der Waals surface area contributed by atoms with Gasteiger partial charge in [-0.3, -0.25) is 0 Å². The number of hydrogen-bond acceptors (Lipinski definition) is 5. The second-order valence-corrected chi connectivity index (χ2v) is 4.77. The topological polar surface area (TPSA) is 54.0 Å². The largest absolute Gasteiger partial charge is 0.496 e. The Morgan fingerprint density at radius 3 is 2.45 bits per heavy atom. The van der Waals surface area contributed by atoms with Crippen LogP contribution in [0.2, 0.25) is 0 Å². The number of benzene rings is 1. The van der Waals surface area contributed by atoms with Crippen molar-refractivity contribution >= 4 is 11.7 Å². The highest BCUT2D eigenvalue weighted by atomic mass is 16.5.